The van der Waals surface area contributed by atoms with Gasteiger partial charge in [0.15, 0.2) is 5.82 Å². The number of ether oxygens (including phenoxy) is 1. The first-order valence-corrected chi connectivity index (χ1v) is 6.44. The zero-order valence-corrected chi connectivity index (χ0v) is 11.9. The monoisotopic (exact) mass is 310 g/mol. The lowest BCUT2D eigenvalue weighted by molar-refractivity contribution is -0.385. The quantitative estimate of drug-likeness (QED) is 0.672. The molecule has 7 heteroatoms. The van der Waals surface area contributed by atoms with Gasteiger partial charge in [-0.3, -0.25) is 10.1 Å². The lowest BCUT2D eigenvalue weighted by Crippen LogP contribution is -2.07. The minimum atomic E-state index is -0.797. The lowest BCUT2D eigenvalue weighted by atomic mass is 10.2. The summed E-state index contributed by atoms with van der Waals surface area (Å²) in [5.41, 5.74) is 0.239. The van der Waals surface area contributed by atoms with Gasteiger partial charge in [-0.05, 0) is 31.3 Å². The van der Waals surface area contributed by atoms with Crippen LogP contribution in [0.25, 0.3) is 0 Å². The minimum absolute atomic E-state index is 0.307. The maximum atomic E-state index is 13.8. The Morgan fingerprint density at radius 3 is 2.81 bits per heavy atom. The number of hydrogen-bond acceptors (Lipinski definition) is 4. The molecule has 5 nitrogen and oxygen atoms in total. The highest BCUT2D eigenvalue weighted by Crippen LogP contribution is 2.35. The summed E-state index contributed by atoms with van der Waals surface area (Å²) in [6.45, 7) is 0.429. The van der Waals surface area contributed by atoms with E-state index in [4.69, 9.17) is 16.3 Å². The van der Waals surface area contributed by atoms with Crippen LogP contribution in [0.1, 0.15) is 5.56 Å². The average molecular weight is 311 g/mol. The summed E-state index contributed by atoms with van der Waals surface area (Å²) in [5.74, 6) is -0.904. The summed E-state index contributed by atoms with van der Waals surface area (Å²) in [6.07, 6.45) is 0. The number of nitro groups is 1. The van der Waals surface area contributed by atoms with E-state index >= 15 is 0 Å². The zero-order chi connectivity index (χ0) is 15.4. The summed E-state index contributed by atoms with van der Waals surface area (Å²) >= 11 is 5.90. The Morgan fingerprint density at radius 2 is 2.14 bits per heavy atom. The smallest absolute Gasteiger partial charge is 0.314 e. The molecule has 2 aromatic carbocycles. The molecule has 0 aliphatic heterocycles. The van der Waals surface area contributed by atoms with Crippen LogP contribution < -0.4 is 10.1 Å². The maximum absolute atomic E-state index is 13.8. The van der Waals surface area contributed by atoms with Gasteiger partial charge in [-0.25, -0.2) is 4.39 Å². The molecule has 0 unspecified atom stereocenters. The van der Waals surface area contributed by atoms with Crippen molar-refractivity contribution in [3.8, 4) is 11.5 Å². The van der Waals surface area contributed by atoms with Gasteiger partial charge < -0.3 is 10.1 Å². The molecule has 2 rings (SSSR count). The van der Waals surface area contributed by atoms with Crippen molar-refractivity contribution in [2.24, 2.45) is 0 Å². The predicted molar refractivity (Wildman–Crippen MR) is 77.3 cm³/mol. The zero-order valence-electron chi connectivity index (χ0n) is 11.1. The van der Waals surface area contributed by atoms with Crippen molar-refractivity contribution in [2.75, 3.05) is 7.05 Å². The highest BCUT2D eigenvalue weighted by Gasteiger charge is 2.21. The second-order valence-electron chi connectivity index (χ2n) is 4.23. The van der Waals surface area contributed by atoms with E-state index in [1.54, 1.807) is 25.2 Å². The van der Waals surface area contributed by atoms with Gasteiger partial charge in [0.25, 0.3) is 0 Å². The molecule has 0 aromatic heterocycles. The molecular weight excluding hydrogens is 299 g/mol. The van der Waals surface area contributed by atoms with Crippen molar-refractivity contribution < 1.29 is 14.1 Å². The van der Waals surface area contributed by atoms with Gasteiger partial charge in [0.05, 0.1) is 4.92 Å². The molecule has 0 amide bonds. The molecule has 1 N–H and O–H groups in total. The van der Waals surface area contributed by atoms with Gasteiger partial charge in [0.2, 0.25) is 5.75 Å². The van der Waals surface area contributed by atoms with Gasteiger partial charge in [-0.2, -0.15) is 0 Å². The molecule has 110 valence electrons. The molecule has 0 radical (unpaired) electrons. The number of hydrogen-bond donors (Lipinski definition) is 1. The fourth-order valence-corrected chi connectivity index (χ4v) is 2.02. The number of nitrogens with zero attached hydrogens (tertiary/aromatic N) is 1. The van der Waals surface area contributed by atoms with Gasteiger partial charge in [0, 0.05) is 23.2 Å². The number of halogens is 2. The molecular formula is C14H12ClFN2O3. The maximum Gasteiger partial charge on any atom is 0.314 e. The molecule has 0 heterocycles. The molecule has 0 fully saturated rings. The first-order chi connectivity index (χ1) is 10.0. The Morgan fingerprint density at radius 1 is 1.38 bits per heavy atom. The van der Waals surface area contributed by atoms with E-state index in [-0.39, 0.29) is 0 Å². The Hall–Kier alpha value is -2.18. The topological polar surface area (TPSA) is 64.4 Å². The molecule has 0 bridgehead atoms. The normalized spacial score (nSPS) is 10.4. The molecule has 2 aromatic rings. The number of para-hydroxylation sites is 1. The van der Waals surface area contributed by atoms with Crippen LogP contribution in [0.2, 0.25) is 5.02 Å². The van der Waals surface area contributed by atoms with Crippen molar-refractivity contribution in [3.05, 3.63) is 62.9 Å². The fraction of sp³-hybridized carbons (Fsp3) is 0.143. The summed E-state index contributed by atoms with van der Waals surface area (Å²) in [5, 5.41) is 14.4. The van der Waals surface area contributed by atoms with Crippen molar-refractivity contribution in [2.45, 2.75) is 6.54 Å². The third kappa shape index (κ3) is 3.48. The first kappa shape index (κ1) is 15.2. The van der Waals surface area contributed by atoms with E-state index in [1.807, 2.05) is 0 Å². The molecule has 0 aliphatic carbocycles. The van der Waals surface area contributed by atoms with E-state index in [2.05, 4.69) is 5.32 Å². The highest BCUT2D eigenvalue weighted by atomic mass is 35.5. The van der Waals surface area contributed by atoms with E-state index in [1.165, 1.54) is 12.1 Å². The molecule has 0 aliphatic rings. The van der Waals surface area contributed by atoms with Gasteiger partial charge in [-0.1, -0.05) is 17.7 Å². The van der Waals surface area contributed by atoms with Crippen molar-refractivity contribution in [1.82, 2.24) is 5.32 Å². The van der Waals surface area contributed by atoms with Crippen LogP contribution in [0.15, 0.2) is 36.4 Å². The summed E-state index contributed by atoms with van der Waals surface area (Å²) in [4.78, 5) is 10.3. The van der Waals surface area contributed by atoms with Gasteiger partial charge >= 0.3 is 5.69 Å². The number of nitro benzene ring substituents is 1. The first-order valence-electron chi connectivity index (χ1n) is 6.06. The summed E-state index contributed by atoms with van der Waals surface area (Å²) in [6, 6.07) is 8.33. The van der Waals surface area contributed by atoms with Crippen molar-refractivity contribution in [1.29, 1.82) is 0 Å². The van der Waals surface area contributed by atoms with Crippen molar-refractivity contribution >= 4 is 17.3 Å². The molecule has 0 spiro atoms. The predicted octanol–water partition coefficient (Wildman–Crippen LogP) is 3.90. The van der Waals surface area contributed by atoms with Crippen LogP contribution in [-0.2, 0) is 6.54 Å². The third-order valence-corrected chi connectivity index (χ3v) is 2.98. The molecule has 21 heavy (non-hydrogen) atoms. The molecule has 0 saturated heterocycles. The van der Waals surface area contributed by atoms with Crippen LogP contribution in [-0.4, -0.2) is 12.0 Å². The van der Waals surface area contributed by atoms with Crippen LogP contribution in [0, 0.1) is 15.9 Å². The van der Waals surface area contributed by atoms with Gasteiger partial charge in [-0.15, -0.1) is 0 Å². The summed E-state index contributed by atoms with van der Waals surface area (Å²) in [7, 11) is 1.73. The number of rotatable bonds is 5. The molecule has 0 saturated carbocycles. The Balaban J connectivity index is 2.45. The number of nitrogens with one attached hydrogen (secondary N) is 1. The number of benzene rings is 2. The van der Waals surface area contributed by atoms with Crippen LogP contribution in [0.4, 0.5) is 10.1 Å². The third-order valence-electron chi connectivity index (χ3n) is 2.74. The largest absolute Gasteiger partial charge is 0.447 e. The summed E-state index contributed by atoms with van der Waals surface area (Å²) < 4.78 is 19.2. The lowest BCUT2D eigenvalue weighted by Gasteiger charge is -2.12. The molecule has 0 atom stereocenters. The van der Waals surface area contributed by atoms with E-state index in [0.29, 0.717) is 22.9 Å². The Labute approximate surface area is 125 Å². The Bertz CT molecular complexity index is 679. The second-order valence-corrected chi connectivity index (χ2v) is 4.67. The Kier molecular flexibility index (Phi) is 4.72. The fourth-order valence-electron chi connectivity index (χ4n) is 1.83. The van der Waals surface area contributed by atoms with E-state index in [9.17, 15) is 14.5 Å². The SMILES string of the molecule is CNCc1cc(Cl)ccc1Oc1c(F)cccc1[N+](=O)[O-]. The van der Waals surface area contributed by atoms with Crippen LogP contribution in [0.5, 0.6) is 11.5 Å². The highest BCUT2D eigenvalue weighted by molar-refractivity contribution is 6.30. The van der Waals surface area contributed by atoms with Crippen molar-refractivity contribution in [3.63, 3.8) is 0 Å². The van der Waals surface area contributed by atoms with Crippen LogP contribution in [0.3, 0.4) is 0 Å². The standard InChI is InChI=1S/C14H12ClFN2O3/c1-17-8-9-7-10(15)5-6-13(9)21-14-11(16)3-2-4-12(14)18(19)20/h2-7,17H,8H2,1H3. The van der Waals surface area contributed by atoms with E-state index < -0.39 is 22.2 Å². The van der Waals surface area contributed by atoms with E-state index in [0.717, 1.165) is 6.07 Å². The van der Waals surface area contributed by atoms with Gasteiger partial charge in [0.1, 0.15) is 5.75 Å². The average Bonchev–Trinajstić information content (AvgIpc) is 2.43. The van der Waals surface area contributed by atoms with Crippen LogP contribution >= 0.6 is 11.6 Å². The minimum Gasteiger partial charge on any atom is -0.447 e. The second kappa shape index (κ2) is 6.51.